The Morgan fingerprint density at radius 3 is 1.17 bits per heavy atom. The molecule has 0 saturated carbocycles. The van der Waals surface area contributed by atoms with Gasteiger partial charge in [-0.2, -0.15) is 0 Å². The minimum absolute atomic E-state index is 0.0864. The van der Waals surface area contributed by atoms with Crippen molar-refractivity contribution in [3.8, 4) is 0 Å². The van der Waals surface area contributed by atoms with Gasteiger partial charge in [-0.1, -0.05) is 40.0 Å². The molecule has 0 N–H and O–H groups in total. The highest BCUT2D eigenvalue weighted by molar-refractivity contribution is 7.52. The van der Waals surface area contributed by atoms with Crippen LogP contribution in [0.5, 0.6) is 0 Å². The standard InChI is InChI=1S/C21H39N4O3P/c1-4-7-10-19(26)23-16-13-22-14-17-24(20(27)11-8-5-2)29(23)25(18-15-22)21(28)12-9-6-3/h4-18H2,1-3H3. The van der Waals surface area contributed by atoms with E-state index in [9.17, 15) is 14.4 Å². The molecule has 3 aliphatic heterocycles. The second-order valence-electron chi connectivity index (χ2n) is 7.97. The fourth-order valence-corrected chi connectivity index (χ4v) is 6.23. The van der Waals surface area contributed by atoms with E-state index in [1.54, 1.807) is 0 Å². The van der Waals surface area contributed by atoms with Crippen LogP contribution in [0.15, 0.2) is 0 Å². The summed E-state index contributed by atoms with van der Waals surface area (Å²) in [4.78, 5) is 41.7. The van der Waals surface area contributed by atoms with Gasteiger partial charge in [0, 0.05) is 58.5 Å². The zero-order chi connectivity index (χ0) is 21.2. The number of unbranched alkanes of at least 4 members (excludes halogenated alkanes) is 3. The van der Waals surface area contributed by atoms with Crippen LogP contribution in [0.2, 0.25) is 0 Å². The van der Waals surface area contributed by atoms with Crippen molar-refractivity contribution >= 4 is 26.1 Å². The van der Waals surface area contributed by atoms with Crippen molar-refractivity contribution in [2.75, 3.05) is 39.3 Å². The lowest BCUT2D eigenvalue weighted by molar-refractivity contribution is -0.131. The number of fused-ring (bicyclic) bond motifs is 6. The summed E-state index contributed by atoms with van der Waals surface area (Å²) in [6.45, 7) is 10.5. The minimum Gasteiger partial charge on any atom is -0.298 e. The molecule has 3 aliphatic rings. The van der Waals surface area contributed by atoms with Gasteiger partial charge in [-0.25, -0.2) is 0 Å². The third kappa shape index (κ3) is 6.65. The van der Waals surface area contributed by atoms with Gasteiger partial charge in [-0.05, 0) is 19.3 Å². The molecule has 0 radical (unpaired) electrons. The first kappa shape index (κ1) is 24.1. The largest absolute Gasteiger partial charge is 0.298 e. The van der Waals surface area contributed by atoms with Crippen LogP contribution in [0.3, 0.4) is 0 Å². The Morgan fingerprint density at radius 1 is 0.586 bits per heavy atom. The van der Waals surface area contributed by atoms with Crippen LogP contribution in [0, 0.1) is 0 Å². The summed E-state index contributed by atoms with van der Waals surface area (Å²) in [7, 11) is -1.41. The maximum Gasteiger partial charge on any atom is 0.228 e. The molecule has 0 spiro atoms. The lowest BCUT2D eigenvalue weighted by Gasteiger charge is -2.49. The molecule has 3 heterocycles. The number of carbonyl (C=O) groups is 3. The number of nitrogens with zero attached hydrogens (tertiary/aromatic N) is 4. The van der Waals surface area contributed by atoms with Crippen LogP contribution in [0.25, 0.3) is 0 Å². The van der Waals surface area contributed by atoms with Crippen molar-refractivity contribution < 1.29 is 14.4 Å². The van der Waals surface area contributed by atoms with Crippen molar-refractivity contribution in [3.05, 3.63) is 0 Å². The van der Waals surface area contributed by atoms with Crippen molar-refractivity contribution in [2.45, 2.75) is 78.6 Å². The molecule has 3 rings (SSSR count). The van der Waals surface area contributed by atoms with E-state index in [2.05, 4.69) is 25.7 Å². The second-order valence-corrected chi connectivity index (χ2v) is 9.96. The summed E-state index contributed by atoms with van der Waals surface area (Å²) in [5, 5.41) is 0. The Kier molecular flexibility index (Phi) is 10.4. The molecular formula is C21H39N4O3P. The third-order valence-electron chi connectivity index (χ3n) is 5.63. The molecule has 0 unspecified atom stereocenters. The number of rotatable bonds is 9. The molecule has 29 heavy (non-hydrogen) atoms. The predicted molar refractivity (Wildman–Crippen MR) is 117 cm³/mol. The molecule has 3 saturated heterocycles. The third-order valence-corrected chi connectivity index (χ3v) is 8.19. The highest BCUT2D eigenvalue weighted by Crippen LogP contribution is 2.50. The molecule has 8 heteroatoms. The van der Waals surface area contributed by atoms with Crippen LogP contribution >= 0.6 is 8.37 Å². The van der Waals surface area contributed by atoms with Gasteiger partial charge in [0.2, 0.25) is 26.1 Å². The molecule has 3 amide bonds. The fourth-order valence-electron chi connectivity index (χ4n) is 3.75. The zero-order valence-corrected chi connectivity index (χ0v) is 19.5. The Morgan fingerprint density at radius 2 is 0.897 bits per heavy atom. The van der Waals surface area contributed by atoms with Crippen LogP contribution < -0.4 is 0 Å². The Labute approximate surface area is 177 Å². The maximum absolute atomic E-state index is 13.1. The van der Waals surface area contributed by atoms with Crippen LogP contribution in [0.1, 0.15) is 78.6 Å². The van der Waals surface area contributed by atoms with E-state index in [0.717, 1.165) is 58.2 Å². The van der Waals surface area contributed by atoms with Crippen LogP contribution in [0.4, 0.5) is 0 Å². The van der Waals surface area contributed by atoms with Gasteiger partial charge >= 0.3 is 0 Å². The van der Waals surface area contributed by atoms with Crippen molar-refractivity contribution in [1.82, 2.24) is 18.9 Å². The molecule has 7 nitrogen and oxygen atoms in total. The molecule has 0 aliphatic carbocycles. The van der Waals surface area contributed by atoms with Crippen LogP contribution in [-0.4, -0.2) is 75.9 Å². The van der Waals surface area contributed by atoms with Gasteiger partial charge in [0.1, 0.15) is 0 Å². The lowest BCUT2D eigenvalue weighted by atomic mass is 10.2. The van der Waals surface area contributed by atoms with Crippen molar-refractivity contribution in [2.24, 2.45) is 0 Å². The first-order valence-electron chi connectivity index (χ1n) is 11.5. The SMILES string of the molecule is CCCCC(=O)N1CCN2CCN(C(=O)CCCC)P1N(C(=O)CCCC)CC2. The minimum atomic E-state index is -1.41. The molecule has 0 aromatic heterocycles. The highest BCUT2D eigenvalue weighted by Gasteiger charge is 2.42. The van der Waals surface area contributed by atoms with Crippen molar-refractivity contribution in [1.29, 1.82) is 0 Å². The Hall–Kier alpha value is -1.20. The smallest absolute Gasteiger partial charge is 0.228 e. The highest BCUT2D eigenvalue weighted by atomic mass is 31.2. The van der Waals surface area contributed by atoms with E-state index >= 15 is 0 Å². The molecule has 0 aromatic rings. The van der Waals surface area contributed by atoms with E-state index < -0.39 is 8.37 Å². The van der Waals surface area contributed by atoms with Crippen LogP contribution in [-0.2, 0) is 14.4 Å². The lowest BCUT2D eigenvalue weighted by Crippen LogP contribution is -2.55. The van der Waals surface area contributed by atoms with E-state index in [0.29, 0.717) is 38.9 Å². The quantitative estimate of drug-likeness (QED) is 0.529. The molecular weight excluding hydrogens is 387 g/mol. The summed E-state index contributed by atoms with van der Waals surface area (Å²) >= 11 is 0. The zero-order valence-electron chi connectivity index (χ0n) is 18.6. The summed E-state index contributed by atoms with van der Waals surface area (Å²) in [6.07, 6.45) is 6.88. The first-order valence-corrected chi connectivity index (χ1v) is 12.7. The average Bonchev–Trinajstić information content (AvgIpc) is 2.68. The molecule has 2 bridgehead atoms. The van der Waals surface area contributed by atoms with Gasteiger partial charge in [0.15, 0.2) is 0 Å². The molecule has 0 atom stereocenters. The van der Waals surface area contributed by atoms with Gasteiger partial charge in [0.25, 0.3) is 0 Å². The van der Waals surface area contributed by atoms with Crippen molar-refractivity contribution in [3.63, 3.8) is 0 Å². The second kappa shape index (κ2) is 12.5. The maximum atomic E-state index is 13.1. The fraction of sp³-hybridized carbons (Fsp3) is 0.857. The van der Waals surface area contributed by atoms with E-state index in [-0.39, 0.29) is 17.7 Å². The summed E-state index contributed by atoms with van der Waals surface area (Å²) in [5.74, 6) is 0.259. The first-order chi connectivity index (χ1) is 14.0. The monoisotopic (exact) mass is 426 g/mol. The Bertz CT molecular complexity index is 484. The molecule has 166 valence electrons. The molecule has 0 aromatic carbocycles. The topological polar surface area (TPSA) is 64.2 Å². The number of carbonyl (C=O) groups excluding carboxylic acids is 3. The normalized spacial score (nSPS) is 22.2. The summed E-state index contributed by atoms with van der Waals surface area (Å²) < 4.78 is 5.64. The van der Waals surface area contributed by atoms with Gasteiger partial charge in [-0.15, -0.1) is 0 Å². The van der Waals surface area contributed by atoms with Gasteiger partial charge < -0.3 is 0 Å². The van der Waals surface area contributed by atoms with E-state index in [1.807, 2.05) is 14.0 Å². The summed E-state index contributed by atoms with van der Waals surface area (Å²) in [6, 6.07) is 0. The van der Waals surface area contributed by atoms with E-state index in [4.69, 9.17) is 0 Å². The Balaban J connectivity index is 2.36. The molecule has 3 fully saturated rings. The average molecular weight is 427 g/mol. The predicted octanol–water partition coefficient (Wildman–Crippen LogP) is 3.60. The number of amides is 3. The van der Waals surface area contributed by atoms with Gasteiger partial charge in [-0.3, -0.25) is 33.3 Å². The van der Waals surface area contributed by atoms with Gasteiger partial charge in [0.05, 0.1) is 0 Å². The van der Waals surface area contributed by atoms with E-state index in [1.165, 1.54) is 0 Å². The number of hydrogen-bond acceptors (Lipinski definition) is 4. The summed E-state index contributed by atoms with van der Waals surface area (Å²) in [5.41, 5.74) is 0. The number of hydrogen-bond donors (Lipinski definition) is 0.